The second-order valence-corrected chi connectivity index (χ2v) is 9.93. The Labute approximate surface area is 201 Å². The minimum atomic E-state index is -4.90. The second kappa shape index (κ2) is 7.91. The van der Waals surface area contributed by atoms with Gasteiger partial charge in [-0.3, -0.25) is 9.36 Å². The molecule has 5 unspecified atom stereocenters. The Morgan fingerprint density at radius 1 is 1.23 bits per heavy atom. The van der Waals surface area contributed by atoms with Gasteiger partial charge in [-0.15, -0.1) is 11.3 Å². The Bertz CT molecular complexity index is 1410. The maximum Gasteiger partial charge on any atom is 0.449 e. The van der Waals surface area contributed by atoms with Gasteiger partial charge in [0.15, 0.2) is 17.0 Å². The standard InChI is InChI=1S/C22H21F3N6O3S/c1-9-4-5-10(35-9)6-7-12-28-17(26-2)13-18(29-12)31(19(30-13)22(23,24)25)14-11-8-21(11,20(34)27-3)16(33)15(14)32/h4-5,11,14-16,32-33H,8H2,1-3H3,(H,27,34)(H,26,28,29). The van der Waals surface area contributed by atoms with Gasteiger partial charge in [-0.2, -0.15) is 13.2 Å². The number of alkyl halides is 3. The van der Waals surface area contributed by atoms with Gasteiger partial charge < -0.3 is 20.8 Å². The van der Waals surface area contributed by atoms with Crippen molar-refractivity contribution in [3.8, 4) is 11.8 Å². The molecular weight excluding hydrogens is 485 g/mol. The molecule has 0 aliphatic heterocycles. The van der Waals surface area contributed by atoms with Crippen LogP contribution in [0.5, 0.6) is 0 Å². The number of halogens is 3. The molecule has 2 aliphatic rings. The molecule has 13 heteroatoms. The normalized spacial score (nSPS) is 27.3. The average Bonchev–Trinajstić information content (AvgIpc) is 3.09. The molecule has 5 rings (SSSR count). The number of hydrogen-bond donors (Lipinski definition) is 4. The molecule has 184 valence electrons. The van der Waals surface area contributed by atoms with Crippen LogP contribution in [0, 0.1) is 30.1 Å². The van der Waals surface area contributed by atoms with E-state index >= 15 is 0 Å². The predicted molar refractivity (Wildman–Crippen MR) is 121 cm³/mol. The highest BCUT2D eigenvalue weighted by atomic mass is 32.1. The van der Waals surface area contributed by atoms with Crippen LogP contribution in [-0.4, -0.2) is 61.9 Å². The molecule has 5 atom stereocenters. The first kappa shape index (κ1) is 23.5. The molecule has 3 aromatic heterocycles. The first-order valence-electron chi connectivity index (χ1n) is 10.7. The third-order valence-electron chi connectivity index (χ3n) is 6.69. The fourth-order valence-corrected chi connectivity index (χ4v) is 5.79. The van der Waals surface area contributed by atoms with Gasteiger partial charge in [0.1, 0.15) is 6.10 Å². The number of aromatic nitrogens is 4. The maximum absolute atomic E-state index is 14.1. The number of nitrogens with one attached hydrogen (secondary N) is 2. The Balaban J connectivity index is 1.71. The van der Waals surface area contributed by atoms with Crippen LogP contribution in [0.4, 0.5) is 19.0 Å². The van der Waals surface area contributed by atoms with E-state index in [0.717, 1.165) is 14.3 Å². The van der Waals surface area contributed by atoms with Gasteiger partial charge in [-0.1, -0.05) is 0 Å². The van der Waals surface area contributed by atoms with E-state index in [-0.39, 0.29) is 29.2 Å². The molecule has 0 spiro atoms. The number of aryl methyl sites for hydroxylation is 1. The smallest absolute Gasteiger partial charge is 0.389 e. The van der Waals surface area contributed by atoms with Crippen LogP contribution in [-0.2, 0) is 11.0 Å². The number of aliphatic hydroxyl groups excluding tert-OH is 2. The average molecular weight is 507 g/mol. The van der Waals surface area contributed by atoms with Crippen molar-refractivity contribution in [3.05, 3.63) is 33.5 Å². The van der Waals surface area contributed by atoms with E-state index in [0.29, 0.717) is 0 Å². The minimum Gasteiger partial charge on any atom is -0.389 e. The van der Waals surface area contributed by atoms with E-state index in [1.54, 1.807) is 0 Å². The van der Waals surface area contributed by atoms with Crippen LogP contribution >= 0.6 is 11.3 Å². The van der Waals surface area contributed by atoms with Crippen molar-refractivity contribution < 1.29 is 28.2 Å². The number of hydrogen-bond acceptors (Lipinski definition) is 8. The van der Waals surface area contributed by atoms with Gasteiger partial charge >= 0.3 is 6.18 Å². The van der Waals surface area contributed by atoms with Crippen molar-refractivity contribution in [2.75, 3.05) is 19.4 Å². The molecule has 2 fully saturated rings. The van der Waals surface area contributed by atoms with E-state index in [1.807, 2.05) is 19.1 Å². The Morgan fingerprint density at radius 2 is 1.97 bits per heavy atom. The number of imidazole rings is 1. The summed E-state index contributed by atoms with van der Waals surface area (Å²) >= 11 is 1.45. The van der Waals surface area contributed by atoms with Crippen LogP contribution in [0.2, 0.25) is 0 Å². The van der Waals surface area contributed by atoms with Gasteiger partial charge in [0.2, 0.25) is 17.6 Å². The van der Waals surface area contributed by atoms with Crippen LogP contribution < -0.4 is 10.6 Å². The van der Waals surface area contributed by atoms with Crippen molar-refractivity contribution >= 4 is 34.2 Å². The number of anilines is 1. The SMILES string of the molecule is CNC(=O)C12CC1C(n1c(C(F)(F)F)nc3c(NC)nc(C#Cc4ccc(C)s4)nc31)C(O)C2O. The largest absolute Gasteiger partial charge is 0.449 e. The number of amides is 1. The topological polar surface area (TPSA) is 125 Å². The zero-order valence-corrected chi connectivity index (χ0v) is 19.6. The summed E-state index contributed by atoms with van der Waals surface area (Å²) in [4.78, 5) is 26.5. The van der Waals surface area contributed by atoms with Crippen molar-refractivity contribution in [2.45, 2.75) is 37.8 Å². The molecule has 9 nitrogen and oxygen atoms in total. The molecule has 0 aromatic carbocycles. The fourth-order valence-electron chi connectivity index (χ4n) is 5.07. The van der Waals surface area contributed by atoms with E-state index in [4.69, 9.17) is 0 Å². The van der Waals surface area contributed by atoms with Crippen LogP contribution in [0.15, 0.2) is 12.1 Å². The minimum absolute atomic E-state index is 0.0345. The zero-order valence-electron chi connectivity index (χ0n) is 18.8. The second-order valence-electron chi connectivity index (χ2n) is 8.64. The number of fused-ring (bicyclic) bond motifs is 2. The lowest BCUT2D eigenvalue weighted by Crippen LogP contribution is -2.41. The first-order chi connectivity index (χ1) is 16.5. The Morgan fingerprint density at radius 3 is 2.57 bits per heavy atom. The van der Waals surface area contributed by atoms with E-state index in [2.05, 4.69) is 37.4 Å². The molecular formula is C22H21F3N6O3S. The number of carbonyl (C=O) groups excluding carboxylic acids is 1. The summed E-state index contributed by atoms with van der Waals surface area (Å²) in [6.45, 7) is 1.92. The molecule has 3 aromatic rings. The number of carbonyl (C=O) groups is 1. The number of aliphatic hydroxyl groups is 2. The highest BCUT2D eigenvalue weighted by Crippen LogP contribution is 2.68. The van der Waals surface area contributed by atoms with E-state index in [9.17, 15) is 28.2 Å². The molecule has 2 saturated carbocycles. The third-order valence-corrected chi connectivity index (χ3v) is 7.60. The number of nitrogens with zero attached hydrogens (tertiary/aromatic N) is 4. The number of rotatable bonds is 3. The molecule has 35 heavy (non-hydrogen) atoms. The predicted octanol–water partition coefficient (Wildman–Crippen LogP) is 1.69. The van der Waals surface area contributed by atoms with E-state index in [1.165, 1.54) is 25.4 Å². The quantitative estimate of drug-likeness (QED) is 0.399. The Kier molecular flexibility index (Phi) is 5.31. The van der Waals surface area contributed by atoms with Crippen LogP contribution in [0.25, 0.3) is 11.2 Å². The third kappa shape index (κ3) is 3.47. The summed E-state index contributed by atoms with van der Waals surface area (Å²) in [5, 5.41) is 26.7. The first-order valence-corrected chi connectivity index (χ1v) is 11.6. The highest BCUT2D eigenvalue weighted by Gasteiger charge is 2.75. The summed E-state index contributed by atoms with van der Waals surface area (Å²) in [5.41, 5.74) is -1.71. The highest BCUT2D eigenvalue weighted by molar-refractivity contribution is 7.12. The van der Waals surface area contributed by atoms with Crippen LogP contribution in [0.1, 0.15) is 33.9 Å². The van der Waals surface area contributed by atoms with Gasteiger partial charge in [-0.05, 0) is 37.3 Å². The molecule has 4 N–H and O–H groups in total. The fraction of sp³-hybridized carbons (Fsp3) is 0.455. The molecule has 3 heterocycles. The van der Waals surface area contributed by atoms with Crippen molar-refractivity contribution in [1.82, 2.24) is 24.8 Å². The van der Waals surface area contributed by atoms with E-state index < -0.39 is 47.5 Å². The maximum atomic E-state index is 14.1. The van der Waals surface area contributed by atoms with Crippen molar-refractivity contribution in [1.29, 1.82) is 0 Å². The molecule has 0 saturated heterocycles. The monoisotopic (exact) mass is 506 g/mol. The Hall–Kier alpha value is -3.21. The summed E-state index contributed by atoms with van der Waals surface area (Å²) < 4.78 is 43.2. The van der Waals surface area contributed by atoms with Gasteiger partial charge in [0.05, 0.1) is 22.4 Å². The van der Waals surface area contributed by atoms with Gasteiger partial charge in [0, 0.05) is 24.9 Å². The molecule has 2 aliphatic carbocycles. The zero-order chi connectivity index (χ0) is 25.3. The van der Waals surface area contributed by atoms with Crippen molar-refractivity contribution in [2.24, 2.45) is 11.3 Å². The summed E-state index contributed by atoms with van der Waals surface area (Å²) in [6, 6.07) is 2.44. The molecule has 1 amide bonds. The number of thiophene rings is 1. The lowest BCUT2D eigenvalue weighted by molar-refractivity contribution is -0.149. The van der Waals surface area contributed by atoms with Crippen molar-refractivity contribution in [3.63, 3.8) is 0 Å². The van der Waals surface area contributed by atoms with Gasteiger partial charge in [0.25, 0.3) is 0 Å². The summed E-state index contributed by atoms with van der Waals surface area (Å²) in [7, 11) is 2.86. The molecule has 0 bridgehead atoms. The summed E-state index contributed by atoms with van der Waals surface area (Å²) in [5.74, 6) is 3.13. The molecule has 0 radical (unpaired) electrons. The van der Waals surface area contributed by atoms with Crippen LogP contribution in [0.3, 0.4) is 0 Å². The summed E-state index contributed by atoms with van der Waals surface area (Å²) in [6.07, 6.45) is -7.95. The lowest BCUT2D eigenvalue weighted by atomic mass is 9.98. The van der Waals surface area contributed by atoms with Gasteiger partial charge in [-0.25, -0.2) is 15.0 Å². The lowest BCUT2D eigenvalue weighted by Gasteiger charge is -2.25.